The van der Waals surface area contributed by atoms with E-state index in [-0.39, 0.29) is 18.3 Å². The van der Waals surface area contributed by atoms with Gasteiger partial charge in [-0.05, 0) is 18.5 Å². The number of amides is 1. The van der Waals surface area contributed by atoms with Gasteiger partial charge in [0, 0.05) is 6.54 Å². The molecule has 0 unspecified atom stereocenters. The highest BCUT2D eigenvalue weighted by atomic mass is 35.5. The van der Waals surface area contributed by atoms with E-state index in [0.717, 1.165) is 5.56 Å². The molecule has 6 N–H and O–H groups in total. The summed E-state index contributed by atoms with van der Waals surface area (Å²) in [5.41, 5.74) is 17.3. The predicted octanol–water partition coefficient (Wildman–Crippen LogP) is -0.0947. The average Bonchev–Trinajstić information content (AvgIpc) is 2.30. The van der Waals surface area contributed by atoms with Gasteiger partial charge in [0.25, 0.3) is 5.91 Å². The first-order valence-electron chi connectivity index (χ1n) is 5.26. The van der Waals surface area contributed by atoms with Gasteiger partial charge in [0.15, 0.2) is 0 Å². The monoisotopic (exact) mass is 258 g/mol. The molecular formula is C11H19ClN4O. The molecule has 0 heterocycles. The van der Waals surface area contributed by atoms with Gasteiger partial charge in [0.05, 0.1) is 6.04 Å². The highest BCUT2D eigenvalue weighted by Crippen LogP contribution is 1.96. The molecule has 1 aromatic rings. The summed E-state index contributed by atoms with van der Waals surface area (Å²) in [7, 11) is 0. The average molecular weight is 259 g/mol. The fourth-order valence-electron chi connectivity index (χ4n) is 1.23. The molecule has 0 fully saturated rings. The van der Waals surface area contributed by atoms with Gasteiger partial charge in [-0.2, -0.15) is 0 Å². The molecule has 1 amide bonds. The second-order valence-corrected chi connectivity index (χ2v) is 3.51. The van der Waals surface area contributed by atoms with Crippen LogP contribution in [0.25, 0.3) is 0 Å². The zero-order chi connectivity index (χ0) is 11.8. The van der Waals surface area contributed by atoms with Crippen LogP contribution in [0.2, 0.25) is 0 Å². The van der Waals surface area contributed by atoms with Gasteiger partial charge in [0.1, 0.15) is 0 Å². The molecule has 0 aliphatic carbocycles. The summed E-state index contributed by atoms with van der Waals surface area (Å²) in [6, 6.07) is 9.23. The molecule has 0 bridgehead atoms. The van der Waals surface area contributed by atoms with Crippen molar-refractivity contribution in [2.75, 3.05) is 6.54 Å². The Morgan fingerprint density at radius 2 is 1.94 bits per heavy atom. The number of rotatable bonds is 6. The molecule has 0 aromatic heterocycles. The van der Waals surface area contributed by atoms with Gasteiger partial charge in [-0.15, -0.1) is 12.4 Å². The van der Waals surface area contributed by atoms with Crippen molar-refractivity contribution < 1.29 is 4.79 Å². The van der Waals surface area contributed by atoms with Crippen LogP contribution in [-0.2, 0) is 11.3 Å². The standard InChI is InChI=1S/C11H18N4O.ClH/c12-7-6-10(13)11(16)15-14-8-9-4-2-1-3-5-9;/h1-5,10,14H,6-8,12-13H2,(H,15,16);1H/t10-;/m0./s1. The van der Waals surface area contributed by atoms with Crippen molar-refractivity contribution in [3.8, 4) is 0 Å². The normalized spacial score (nSPS) is 11.4. The lowest BCUT2D eigenvalue weighted by Crippen LogP contribution is -2.47. The third-order valence-electron chi connectivity index (χ3n) is 2.16. The minimum Gasteiger partial charge on any atom is -0.330 e. The Kier molecular flexibility index (Phi) is 8.35. The third kappa shape index (κ3) is 6.23. The van der Waals surface area contributed by atoms with Crippen molar-refractivity contribution >= 4 is 18.3 Å². The van der Waals surface area contributed by atoms with Gasteiger partial charge in [-0.25, -0.2) is 5.43 Å². The number of hydrogen-bond donors (Lipinski definition) is 4. The Labute approximate surface area is 107 Å². The summed E-state index contributed by atoms with van der Waals surface area (Å²) in [5.74, 6) is -0.235. The van der Waals surface area contributed by atoms with Crippen molar-refractivity contribution in [3.63, 3.8) is 0 Å². The maximum atomic E-state index is 11.4. The van der Waals surface area contributed by atoms with E-state index in [4.69, 9.17) is 11.5 Å². The van der Waals surface area contributed by atoms with E-state index in [2.05, 4.69) is 10.9 Å². The third-order valence-corrected chi connectivity index (χ3v) is 2.16. The molecule has 5 nitrogen and oxygen atoms in total. The molecule has 96 valence electrons. The summed E-state index contributed by atoms with van der Waals surface area (Å²) in [6.45, 7) is 0.981. The quantitative estimate of drug-likeness (QED) is 0.537. The van der Waals surface area contributed by atoms with Crippen molar-refractivity contribution in [3.05, 3.63) is 35.9 Å². The number of nitrogens with two attached hydrogens (primary N) is 2. The van der Waals surface area contributed by atoms with Crippen LogP contribution in [0.3, 0.4) is 0 Å². The van der Waals surface area contributed by atoms with Crippen molar-refractivity contribution in [2.45, 2.75) is 19.0 Å². The topological polar surface area (TPSA) is 93.2 Å². The van der Waals surface area contributed by atoms with Gasteiger partial charge in [-0.1, -0.05) is 30.3 Å². The first-order chi connectivity index (χ1) is 7.74. The molecule has 6 heteroatoms. The van der Waals surface area contributed by atoms with Gasteiger partial charge < -0.3 is 11.5 Å². The van der Waals surface area contributed by atoms with Crippen LogP contribution in [0.15, 0.2) is 30.3 Å². The number of carbonyl (C=O) groups is 1. The first kappa shape index (κ1) is 15.9. The maximum absolute atomic E-state index is 11.4. The Bertz CT molecular complexity index is 321. The van der Waals surface area contributed by atoms with Crippen molar-refractivity contribution in [2.24, 2.45) is 11.5 Å². The van der Waals surface area contributed by atoms with Crippen molar-refractivity contribution in [1.82, 2.24) is 10.9 Å². The fourth-order valence-corrected chi connectivity index (χ4v) is 1.23. The molecule has 1 aromatic carbocycles. The largest absolute Gasteiger partial charge is 0.330 e. The molecule has 0 aliphatic heterocycles. The lowest BCUT2D eigenvalue weighted by molar-refractivity contribution is -0.123. The van der Waals surface area contributed by atoms with Gasteiger partial charge in [0.2, 0.25) is 0 Å². The van der Waals surface area contributed by atoms with Crippen LogP contribution in [0.1, 0.15) is 12.0 Å². The SMILES string of the molecule is Cl.NCC[C@H](N)C(=O)NNCc1ccccc1. The van der Waals surface area contributed by atoms with E-state index in [0.29, 0.717) is 19.5 Å². The van der Waals surface area contributed by atoms with Crippen molar-refractivity contribution in [1.29, 1.82) is 0 Å². The number of halogens is 1. The fraction of sp³-hybridized carbons (Fsp3) is 0.364. The molecular weight excluding hydrogens is 240 g/mol. The first-order valence-corrected chi connectivity index (χ1v) is 5.26. The van der Waals surface area contributed by atoms with E-state index in [9.17, 15) is 4.79 Å². The minimum atomic E-state index is -0.548. The molecule has 0 radical (unpaired) electrons. The van der Waals surface area contributed by atoms with E-state index in [1.807, 2.05) is 30.3 Å². The number of carbonyl (C=O) groups excluding carboxylic acids is 1. The van der Waals surface area contributed by atoms with Gasteiger partial charge >= 0.3 is 0 Å². The Hall–Kier alpha value is -1.14. The van der Waals surface area contributed by atoms with E-state index in [1.54, 1.807) is 0 Å². The van der Waals surface area contributed by atoms with E-state index in [1.165, 1.54) is 0 Å². The second kappa shape index (κ2) is 8.95. The Balaban J connectivity index is 0.00000256. The molecule has 1 atom stereocenters. The smallest absolute Gasteiger partial charge is 0.251 e. The molecule has 0 saturated carbocycles. The summed E-state index contributed by atoms with van der Waals surface area (Å²) in [6.07, 6.45) is 0.485. The Morgan fingerprint density at radius 1 is 1.29 bits per heavy atom. The van der Waals surface area contributed by atoms with Crippen LogP contribution in [0.5, 0.6) is 0 Å². The predicted molar refractivity (Wildman–Crippen MR) is 70.3 cm³/mol. The summed E-state index contributed by atoms with van der Waals surface area (Å²) >= 11 is 0. The van der Waals surface area contributed by atoms with Crippen LogP contribution in [-0.4, -0.2) is 18.5 Å². The highest BCUT2D eigenvalue weighted by Gasteiger charge is 2.10. The minimum absolute atomic E-state index is 0. The summed E-state index contributed by atoms with van der Waals surface area (Å²) in [4.78, 5) is 11.4. The summed E-state index contributed by atoms with van der Waals surface area (Å²) in [5, 5.41) is 0. The Morgan fingerprint density at radius 3 is 2.53 bits per heavy atom. The number of hydrogen-bond acceptors (Lipinski definition) is 4. The molecule has 0 saturated heterocycles. The lowest BCUT2D eigenvalue weighted by atomic mass is 10.2. The van der Waals surface area contributed by atoms with Crippen LogP contribution in [0.4, 0.5) is 0 Å². The number of hydrazine groups is 1. The molecule has 0 aliphatic rings. The van der Waals surface area contributed by atoms with Crippen LogP contribution < -0.4 is 22.3 Å². The highest BCUT2D eigenvalue weighted by molar-refractivity contribution is 5.85. The zero-order valence-corrected chi connectivity index (χ0v) is 10.4. The number of nitrogens with one attached hydrogen (secondary N) is 2. The van der Waals surface area contributed by atoms with Crippen LogP contribution in [0, 0.1) is 0 Å². The molecule has 0 spiro atoms. The zero-order valence-electron chi connectivity index (χ0n) is 9.56. The lowest BCUT2D eigenvalue weighted by Gasteiger charge is -2.11. The van der Waals surface area contributed by atoms with E-state index < -0.39 is 6.04 Å². The molecule has 17 heavy (non-hydrogen) atoms. The van der Waals surface area contributed by atoms with Gasteiger partial charge in [-0.3, -0.25) is 10.2 Å². The van der Waals surface area contributed by atoms with E-state index >= 15 is 0 Å². The second-order valence-electron chi connectivity index (χ2n) is 3.51. The molecule has 1 rings (SSSR count). The number of benzene rings is 1. The van der Waals surface area contributed by atoms with Crippen LogP contribution >= 0.6 is 12.4 Å². The maximum Gasteiger partial charge on any atom is 0.251 e. The summed E-state index contributed by atoms with van der Waals surface area (Å²) < 4.78 is 0.